The average Bonchev–Trinajstić information content (AvgIpc) is 0.806. The molecule has 0 bridgehead atoms. The normalized spacial score (nSPS) is 12.7. The Morgan fingerprint density at radius 3 is 1.18 bits per heavy atom. The first-order valence-electron chi connectivity index (χ1n) is 37.4. The molecule has 6 aromatic carbocycles. The van der Waals surface area contributed by atoms with Crippen LogP contribution in [0.25, 0.3) is 0 Å². The zero-order chi connectivity index (χ0) is 78.0. The van der Waals surface area contributed by atoms with Gasteiger partial charge >= 0.3 is 196 Å². The Morgan fingerprint density at radius 2 is 0.836 bits per heavy atom. The summed E-state index contributed by atoms with van der Waals surface area (Å²) in [6, 6.07) is 49.0. The summed E-state index contributed by atoms with van der Waals surface area (Å²) in [4.78, 5) is 86.8. The van der Waals surface area contributed by atoms with Crippen LogP contribution in [-0.2, 0) is 94.5 Å². The van der Waals surface area contributed by atoms with Crippen LogP contribution in [0.2, 0.25) is 5.28 Å². The van der Waals surface area contributed by atoms with Gasteiger partial charge in [-0.05, 0) is 195 Å². The predicted octanol–water partition coefficient (Wildman–Crippen LogP) is 9.75. The van der Waals surface area contributed by atoms with Gasteiger partial charge in [0, 0.05) is 98.1 Å². The third-order valence-corrected chi connectivity index (χ3v) is 18.4. The fraction of sp³-hybridized carbons (Fsp3) is 0.361. The van der Waals surface area contributed by atoms with Gasteiger partial charge < -0.3 is 47.5 Å². The van der Waals surface area contributed by atoms with Gasteiger partial charge in [-0.3, -0.25) is 14.4 Å². The van der Waals surface area contributed by atoms with Crippen LogP contribution in [0.4, 0.5) is 10.5 Å². The Balaban J connectivity index is 0.000000377. The summed E-state index contributed by atoms with van der Waals surface area (Å²) < 4.78 is 5.31. The quantitative estimate of drug-likeness (QED) is 0.0163. The van der Waals surface area contributed by atoms with Gasteiger partial charge in [0.25, 0.3) is 7.41 Å². The van der Waals surface area contributed by atoms with Gasteiger partial charge in [0.15, 0.2) is 0 Å². The molecule has 0 aliphatic carbocycles. The van der Waals surface area contributed by atoms with Crippen LogP contribution in [0.15, 0.2) is 164 Å². The molecule has 19 nitrogen and oxygen atoms in total. The Hall–Kier alpha value is -0.197. The van der Waals surface area contributed by atoms with Crippen LogP contribution in [0.3, 0.4) is 0 Å². The van der Waals surface area contributed by atoms with Crippen molar-refractivity contribution in [3.63, 3.8) is 0 Å². The van der Waals surface area contributed by atoms with Crippen molar-refractivity contribution < 1.29 is 28.7 Å². The molecule has 12 rings (SSSR count). The molecule has 9 N–H and O–H groups in total. The molecular weight excluding hydrogens is 1560 g/mol. The number of aromatic nitrogens is 6. The molecule has 6 heterocycles. The monoisotopic (exact) mass is 1660 g/mol. The van der Waals surface area contributed by atoms with Gasteiger partial charge in [0.05, 0.1) is 25.4 Å². The molecule has 553 valence electrons. The zero-order valence-electron chi connectivity index (χ0n) is 64.7. The molecule has 0 spiro atoms. The topological polar surface area (TPSA) is 295 Å². The van der Waals surface area contributed by atoms with E-state index in [1.165, 1.54) is 217 Å². The number of anilines is 1. The summed E-state index contributed by atoms with van der Waals surface area (Å²) in [6.45, 7) is 17.1. The Bertz CT molecular complexity index is 4310. The number of benzene rings is 6. The number of hydrogen-bond acceptors (Lipinski definition) is 15. The Labute approximate surface area is 795 Å². The number of ether oxygens (including phenoxy) is 1. The van der Waals surface area contributed by atoms with Crippen LogP contribution < -0.4 is 28.3 Å². The summed E-state index contributed by atoms with van der Waals surface area (Å²) in [5.74, 6) is 2.25. The number of likely N-dealkylation sites (tertiary alicyclic amines) is 1. The predicted molar refractivity (Wildman–Crippen MR) is 453 cm³/mol. The van der Waals surface area contributed by atoms with E-state index in [0.29, 0.717) is 24.2 Å². The van der Waals surface area contributed by atoms with Gasteiger partial charge in [-0.1, -0.05) is 156 Å². The summed E-state index contributed by atoms with van der Waals surface area (Å²) >= 11 is 13.3. The Morgan fingerprint density at radius 1 is 0.500 bits per heavy atom. The molecule has 9 aromatic rings. The zero-order valence-corrected chi connectivity index (χ0v) is 84.2. The molecule has 0 unspecified atom stereocenters. The summed E-state index contributed by atoms with van der Waals surface area (Å²) in [6.07, 6.45) is 13.1. The molecule has 27 heteroatoms. The standard InChI is InChI=1S/C26H28BN4O2.C25H28N4O.C15H16ClN3O.C14H20N2O2.3CH4.6K/c1-18-14-29-26(12-19-6-8-21(9-7-19)23-15-31(16-23)27-17-32)30-24(18)11-10-20-4-2-3-5-22(20)13-25(28)33;1-17-14-28-25(12-18-6-8-20(9-7-18)22-15-27-16-22)29-23(17)11-10-19-4-2-3-5-21(19)13-24(26)30;1-10-9-18-15(16)19-13(10)7-6-11-4-2-3-5-12(11)8-14(17)20;1-14(2,3)18-13(17)16-8-11(9-16)10-4-6-12(15)7-5-10;;;;;;;;;/h2-9,14,17,23H,10-13,15-16H2,1H3,(H2,28,33);2-9,14,22,27H,10-13,15-16H2,1H3,(H2,26,30);2-5,9H,6-8H2,1H3,(H2,17,20);4-7,11H,8-9,15H2,1-3H3;3*1H4;;;;;;. The van der Waals surface area contributed by atoms with Crippen molar-refractivity contribution in [1.29, 1.82) is 0 Å². The van der Waals surface area contributed by atoms with E-state index in [9.17, 15) is 24.0 Å². The van der Waals surface area contributed by atoms with Gasteiger partial charge in [-0.25, -0.2) is 34.7 Å². The number of hydrogen-bond donors (Lipinski definition) is 5. The number of carbonyl (C=O) groups is 5. The number of nitrogens with one attached hydrogen (secondary N) is 1. The summed E-state index contributed by atoms with van der Waals surface area (Å²) in [5, 5.41) is 3.58. The second-order valence-electron chi connectivity index (χ2n) is 27.2. The minimum absolute atomic E-state index is 0. The maximum absolute atomic E-state index is 11.8. The van der Waals surface area contributed by atoms with Crippen LogP contribution in [0, 0.1) is 20.8 Å². The molecule has 3 saturated heterocycles. The third-order valence-electron chi connectivity index (χ3n) is 18.2. The van der Waals surface area contributed by atoms with Crippen LogP contribution in [0.5, 0.6) is 0 Å². The van der Waals surface area contributed by atoms with Gasteiger partial charge in [-0.15, -0.1) is 0 Å². The maximum atomic E-state index is 11.8. The number of nitrogen functional groups attached to an aromatic ring is 1. The molecular formula is C83H104BClK6N13O6. The number of primary amides is 3. The van der Waals surface area contributed by atoms with Gasteiger partial charge in [-0.2, -0.15) is 0 Å². The van der Waals surface area contributed by atoms with Crippen molar-refractivity contribution in [2.24, 2.45) is 17.2 Å². The molecule has 3 aromatic heterocycles. The van der Waals surface area contributed by atoms with E-state index in [2.05, 4.69) is 92.8 Å². The first-order valence-corrected chi connectivity index (χ1v) is 85.8. The van der Waals surface area contributed by atoms with Crippen molar-refractivity contribution >= 4 is 244 Å². The van der Waals surface area contributed by atoms with Crippen molar-refractivity contribution in [2.45, 2.75) is 158 Å². The number of halogens is 1. The van der Waals surface area contributed by atoms with Gasteiger partial charge in [0.2, 0.25) is 23.0 Å². The van der Waals surface area contributed by atoms with E-state index in [4.69, 9.17) is 49.2 Å². The van der Waals surface area contributed by atoms with Crippen molar-refractivity contribution in [1.82, 2.24) is 44.9 Å². The molecule has 3 fully saturated rings. The average molecular weight is 1660 g/mol. The molecule has 3 aliphatic rings. The Kier molecular flexibility index (Phi) is 53.3. The molecule has 110 heavy (non-hydrogen) atoms. The third kappa shape index (κ3) is 36.8. The van der Waals surface area contributed by atoms with E-state index in [-0.39, 0.29) is 70.6 Å². The molecule has 3 aliphatic heterocycles. The van der Waals surface area contributed by atoms with E-state index >= 15 is 0 Å². The van der Waals surface area contributed by atoms with Crippen LogP contribution in [0.1, 0.15) is 167 Å². The number of carbonyl (C=O) groups excluding carboxylic acids is 5. The second-order valence-corrected chi connectivity index (χ2v) is 27.6. The molecule has 1 radical (unpaired) electrons. The van der Waals surface area contributed by atoms with Crippen molar-refractivity contribution in [3.8, 4) is 0 Å². The number of aryl methyl sites for hydroxylation is 9. The van der Waals surface area contributed by atoms with Gasteiger partial charge in [0.1, 0.15) is 17.2 Å². The number of rotatable bonds is 24. The SMILES string of the molecule is C.C.C.CC(C)(C)OC(=O)N1CC(c2ccc(N)cc2)C1.Cc1cnc(Cc2ccc(C3CN([B]C=O)C3)cc2)nc1CCc1ccccc1CC(N)=O.Cc1cnc(Cc2ccc(C3CNC3)cc2)nc1CCc1ccccc1CC(N)=O.Cc1cnc(Cl)nc1CCc1ccccc1CC(N)=O.[K][K].[K][K].[K][K]. The molecule has 4 amide bonds. The molecule has 0 atom stereocenters. The van der Waals surface area contributed by atoms with Crippen molar-refractivity contribution in [3.05, 3.63) is 276 Å². The summed E-state index contributed by atoms with van der Waals surface area (Å²) in [5.41, 5.74) is 40.9. The first-order chi connectivity index (χ1) is 51.5. The van der Waals surface area contributed by atoms with E-state index in [1.54, 1.807) is 18.5 Å². The fourth-order valence-corrected chi connectivity index (χ4v) is 12.4. The van der Waals surface area contributed by atoms with Crippen LogP contribution in [-0.4, -0.2) is 311 Å². The van der Waals surface area contributed by atoms with E-state index in [1.807, 2.05) is 137 Å². The minimum atomic E-state index is -0.427. The number of nitrogens with two attached hydrogens (primary N) is 4. The molecule has 0 saturated carbocycles. The fourth-order valence-electron chi connectivity index (χ4n) is 12.2. The first kappa shape index (κ1) is 104. The number of nitrogens with zero attached hydrogens (tertiary/aromatic N) is 8. The number of amides is 4. The van der Waals surface area contributed by atoms with Crippen molar-refractivity contribution in [2.75, 3.05) is 45.0 Å². The van der Waals surface area contributed by atoms with E-state index < -0.39 is 5.60 Å². The van der Waals surface area contributed by atoms with Crippen LogP contribution >= 0.6 is 11.6 Å². The second kappa shape index (κ2) is 56.3. The van der Waals surface area contributed by atoms with E-state index in [0.717, 1.165) is 175 Å². The summed E-state index contributed by atoms with van der Waals surface area (Å²) in [7, 11) is 1.60.